The van der Waals surface area contributed by atoms with E-state index in [0.717, 1.165) is 10.4 Å². The fraction of sp³-hybridized carbons (Fsp3) is 0.316. The Balaban J connectivity index is 1.98. The summed E-state index contributed by atoms with van der Waals surface area (Å²) in [5.41, 5.74) is 0.803. The maximum Gasteiger partial charge on any atom is 0.326 e. The molecule has 3 N–H and O–H groups in total. The molecular weight excluding hydrogens is 384 g/mol. The van der Waals surface area contributed by atoms with Crippen LogP contribution in [-0.2, 0) is 27.2 Å². The first kappa shape index (κ1) is 21.0. The van der Waals surface area contributed by atoms with Crippen LogP contribution in [0.5, 0.6) is 0 Å². The molecule has 0 radical (unpaired) electrons. The highest BCUT2D eigenvalue weighted by molar-refractivity contribution is 7.80. The van der Waals surface area contributed by atoms with Crippen LogP contribution in [0.25, 0.3) is 0 Å². The lowest BCUT2D eigenvalue weighted by molar-refractivity contribution is -0.142. The van der Waals surface area contributed by atoms with Gasteiger partial charge in [0.15, 0.2) is 0 Å². The number of benzene rings is 1. The lowest BCUT2D eigenvalue weighted by Gasteiger charge is -2.21. The van der Waals surface area contributed by atoms with E-state index in [1.165, 1.54) is 11.3 Å². The fourth-order valence-corrected chi connectivity index (χ4v) is 3.50. The van der Waals surface area contributed by atoms with Crippen LogP contribution in [0.4, 0.5) is 0 Å². The normalized spacial score (nSPS) is 12.8. The predicted octanol–water partition coefficient (Wildman–Crippen LogP) is 1.91. The molecule has 0 saturated heterocycles. The summed E-state index contributed by atoms with van der Waals surface area (Å²) in [5, 5.41) is 16.5. The molecule has 8 heteroatoms. The molecule has 0 aliphatic carbocycles. The highest BCUT2D eigenvalue weighted by Crippen LogP contribution is 2.09. The standard InChI is InChI=1S/C19H22N2O4S2/c22-17(12-14-7-4-10-27-14)20-15(8-9-26)18(23)21-16(19(24)25)11-13-5-2-1-3-6-13/h1-7,10,15-16,26H,8-9,11-12H2,(H,20,22)(H,21,23)(H,24,25)/t15?,16-/m1/s1. The van der Waals surface area contributed by atoms with Crippen LogP contribution >= 0.6 is 24.0 Å². The molecule has 1 aromatic carbocycles. The molecule has 1 aromatic heterocycles. The van der Waals surface area contributed by atoms with Crippen LogP contribution in [0.2, 0.25) is 0 Å². The summed E-state index contributed by atoms with van der Waals surface area (Å²) in [7, 11) is 0. The third-order valence-corrected chi connectivity index (χ3v) is 5.02. The highest BCUT2D eigenvalue weighted by Gasteiger charge is 2.26. The predicted molar refractivity (Wildman–Crippen MR) is 108 cm³/mol. The van der Waals surface area contributed by atoms with Crippen molar-refractivity contribution in [2.24, 2.45) is 0 Å². The van der Waals surface area contributed by atoms with Gasteiger partial charge in [0.1, 0.15) is 12.1 Å². The molecule has 0 bridgehead atoms. The molecule has 6 nitrogen and oxygen atoms in total. The molecule has 0 fully saturated rings. The second-order valence-electron chi connectivity index (χ2n) is 5.98. The van der Waals surface area contributed by atoms with Crippen LogP contribution in [0.3, 0.4) is 0 Å². The number of carboxylic acid groups (broad SMARTS) is 1. The molecule has 2 rings (SSSR count). The van der Waals surface area contributed by atoms with Gasteiger partial charge in [-0.3, -0.25) is 9.59 Å². The SMILES string of the molecule is O=C(Cc1cccs1)NC(CCS)C(=O)N[C@H](Cc1ccccc1)C(=O)O. The minimum Gasteiger partial charge on any atom is -0.480 e. The van der Waals surface area contributed by atoms with Gasteiger partial charge in [-0.05, 0) is 29.2 Å². The van der Waals surface area contributed by atoms with Crippen molar-refractivity contribution in [1.29, 1.82) is 0 Å². The van der Waals surface area contributed by atoms with Gasteiger partial charge in [0.25, 0.3) is 0 Å². The van der Waals surface area contributed by atoms with Gasteiger partial charge in [0, 0.05) is 11.3 Å². The topological polar surface area (TPSA) is 95.5 Å². The molecule has 2 amide bonds. The molecule has 144 valence electrons. The number of hydrogen-bond donors (Lipinski definition) is 4. The van der Waals surface area contributed by atoms with Crippen LogP contribution in [-0.4, -0.2) is 40.7 Å². The number of carbonyl (C=O) groups is 3. The number of thiophene rings is 1. The van der Waals surface area contributed by atoms with Gasteiger partial charge in [-0.25, -0.2) is 4.79 Å². The summed E-state index contributed by atoms with van der Waals surface area (Å²) in [6.07, 6.45) is 0.655. The Hall–Kier alpha value is -2.32. The molecule has 2 atom stereocenters. The van der Waals surface area contributed by atoms with Crippen LogP contribution in [0.1, 0.15) is 16.9 Å². The first-order valence-corrected chi connectivity index (χ1v) is 10.0. The summed E-state index contributed by atoms with van der Waals surface area (Å²) in [6, 6.07) is 10.9. The quantitative estimate of drug-likeness (QED) is 0.453. The largest absolute Gasteiger partial charge is 0.480 e. The molecular formula is C19H22N2O4S2. The van der Waals surface area contributed by atoms with Gasteiger partial charge in [-0.1, -0.05) is 36.4 Å². The monoisotopic (exact) mass is 406 g/mol. The molecule has 27 heavy (non-hydrogen) atoms. The van der Waals surface area contributed by atoms with E-state index in [1.54, 1.807) is 12.1 Å². The van der Waals surface area contributed by atoms with Crippen molar-refractivity contribution in [2.45, 2.75) is 31.3 Å². The first-order valence-electron chi connectivity index (χ1n) is 8.49. The summed E-state index contributed by atoms with van der Waals surface area (Å²) in [5.74, 6) is -1.55. The maximum absolute atomic E-state index is 12.6. The van der Waals surface area contributed by atoms with E-state index in [9.17, 15) is 19.5 Å². The van der Waals surface area contributed by atoms with Crippen molar-refractivity contribution < 1.29 is 19.5 Å². The van der Waals surface area contributed by atoms with Crippen molar-refractivity contribution >= 4 is 41.7 Å². The average molecular weight is 407 g/mol. The van der Waals surface area contributed by atoms with Gasteiger partial charge < -0.3 is 15.7 Å². The number of carboxylic acids is 1. The fourth-order valence-electron chi connectivity index (χ4n) is 2.54. The number of aliphatic carboxylic acids is 1. The third kappa shape index (κ3) is 7.07. The summed E-state index contributed by atoms with van der Waals surface area (Å²) in [6.45, 7) is 0. The minimum absolute atomic E-state index is 0.165. The van der Waals surface area contributed by atoms with E-state index in [2.05, 4.69) is 23.3 Å². The van der Waals surface area contributed by atoms with Crippen LogP contribution in [0.15, 0.2) is 47.8 Å². The zero-order chi connectivity index (χ0) is 19.6. The zero-order valence-corrected chi connectivity index (χ0v) is 16.3. The summed E-state index contributed by atoms with van der Waals surface area (Å²) < 4.78 is 0. The Morgan fingerprint density at radius 3 is 2.37 bits per heavy atom. The zero-order valence-electron chi connectivity index (χ0n) is 14.6. The van der Waals surface area contributed by atoms with Crippen molar-refractivity contribution in [2.75, 3.05) is 5.75 Å². The summed E-state index contributed by atoms with van der Waals surface area (Å²) >= 11 is 5.59. The highest BCUT2D eigenvalue weighted by atomic mass is 32.1. The number of carbonyl (C=O) groups excluding carboxylic acids is 2. The molecule has 1 heterocycles. The second-order valence-corrected chi connectivity index (χ2v) is 7.46. The lowest BCUT2D eigenvalue weighted by Crippen LogP contribution is -2.52. The van der Waals surface area contributed by atoms with Gasteiger partial charge >= 0.3 is 5.97 Å². The smallest absolute Gasteiger partial charge is 0.326 e. The van der Waals surface area contributed by atoms with Gasteiger partial charge in [0.2, 0.25) is 11.8 Å². The molecule has 0 spiro atoms. The van der Waals surface area contributed by atoms with E-state index < -0.39 is 24.0 Å². The Labute approximate surface area is 167 Å². The number of rotatable bonds is 10. The number of nitrogens with one attached hydrogen (secondary N) is 2. The number of thiol groups is 1. The molecule has 0 saturated carbocycles. The Bertz CT molecular complexity index is 750. The summed E-state index contributed by atoms with van der Waals surface area (Å²) in [4.78, 5) is 37.2. The molecule has 1 unspecified atom stereocenters. The Kier molecular flexibility index (Phi) is 8.35. The van der Waals surface area contributed by atoms with E-state index in [1.807, 2.05) is 35.7 Å². The van der Waals surface area contributed by atoms with Gasteiger partial charge in [0.05, 0.1) is 6.42 Å². The van der Waals surface area contributed by atoms with Gasteiger partial charge in [-0.2, -0.15) is 12.6 Å². The van der Waals surface area contributed by atoms with Gasteiger partial charge in [-0.15, -0.1) is 11.3 Å². The van der Waals surface area contributed by atoms with E-state index >= 15 is 0 Å². The molecule has 0 aliphatic rings. The van der Waals surface area contributed by atoms with Crippen molar-refractivity contribution in [3.05, 3.63) is 58.3 Å². The van der Waals surface area contributed by atoms with Crippen molar-refractivity contribution in [3.8, 4) is 0 Å². The first-order chi connectivity index (χ1) is 13.0. The lowest BCUT2D eigenvalue weighted by atomic mass is 10.1. The third-order valence-electron chi connectivity index (χ3n) is 3.88. The average Bonchev–Trinajstić information content (AvgIpc) is 3.14. The molecule has 0 aliphatic heterocycles. The second kappa shape index (κ2) is 10.7. The van der Waals surface area contributed by atoms with Crippen LogP contribution in [0, 0.1) is 0 Å². The number of amides is 2. The van der Waals surface area contributed by atoms with Crippen molar-refractivity contribution in [3.63, 3.8) is 0 Å². The minimum atomic E-state index is -1.12. The van der Waals surface area contributed by atoms with Crippen LogP contribution < -0.4 is 10.6 Å². The Morgan fingerprint density at radius 1 is 1.04 bits per heavy atom. The Morgan fingerprint density at radius 2 is 1.78 bits per heavy atom. The maximum atomic E-state index is 12.6. The van der Waals surface area contributed by atoms with Crippen molar-refractivity contribution in [1.82, 2.24) is 10.6 Å². The van der Waals surface area contributed by atoms with E-state index in [-0.39, 0.29) is 18.7 Å². The van der Waals surface area contributed by atoms with E-state index in [4.69, 9.17) is 0 Å². The number of hydrogen-bond acceptors (Lipinski definition) is 5. The molecule has 2 aromatic rings. The van der Waals surface area contributed by atoms with E-state index in [0.29, 0.717) is 12.2 Å².